The molecule has 0 aliphatic rings. The first kappa shape index (κ1) is 10.3. The number of aromatic nitrogens is 2. The first-order valence-corrected chi connectivity index (χ1v) is 4.50. The van der Waals surface area contributed by atoms with Crippen LogP contribution in [0, 0.1) is 0 Å². The minimum atomic E-state index is -0.776. The Balaban J connectivity index is 2.90. The van der Waals surface area contributed by atoms with E-state index in [1.54, 1.807) is 0 Å². The van der Waals surface area contributed by atoms with Crippen LogP contribution in [0.1, 0.15) is 0 Å². The van der Waals surface area contributed by atoms with E-state index in [-0.39, 0.29) is 10.7 Å². The van der Waals surface area contributed by atoms with E-state index >= 15 is 0 Å². The van der Waals surface area contributed by atoms with Crippen LogP contribution in [0.15, 0.2) is 26.8 Å². The van der Waals surface area contributed by atoms with Crippen LogP contribution in [0.3, 0.4) is 0 Å². The molecule has 1 aromatic heterocycles. The van der Waals surface area contributed by atoms with Crippen molar-refractivity contribution in [1.82, 2.24) is 9.97 Å². The van der Waals surface area contributed by atoms with Gasteiger partial charge in [-0.1, -0.05) is 16.7 Å². The number of nitrogens with zero attached hydrogens (tertiary/aromatic N) is 3. The van der Waals surface area contributed by atoms with Crippen molar-refractivity contribution in [2.45, 2.75) is 0 Å². The summed E-state index contributed by atoms with van der Waals surface area (Å²) >= 11 is 5.80. The maximum Gasteiger partial charge on any atom is 0.314 e. The highest BCUT2D eigenvalue weighted by Crippen LogP contribution is 2.27. The zero-order valence-electron chi connectivity index (χ0n) is 7.69. The minimum absolute atomic E-state index is 0.180. The smallest absolute Gasteiger partial charge is 0.314 e. The Morgan fingerprint density at radius 2 is 1.75 bits per heavy atom. The molecule has 0 unspecified atom stereocenters. The second-order valence-electron chi connectivity index (χ2n) is 2.95. The lowest BCUT2D eigenvalue weighted by Gasteiger charge is -2.00. The van der Waals surface area contributed by atoms with Crippen molar-refractivity contribution < 1.29 is 0 Å². The van der Waals surface area contributed by atoms with Gasteiger partial charge in [0.25, 0.3) is 0 Å². The third-order valence-corrected chi connectivity index (χ3v) is 2.24. The predicted octanol–water partition coefficient (Wildman–Crippen LogP) is 1.81. The molecule has 0 amide bonds. The van der Waals surface area contributed by atoms with E-state index in [9.17, 15) is 9.59 Å². The second-order valence-corrected chi connectivity index (χ2v) is 3.35. The van der Waals surface area contributed by atoms with Gasteiger partial charge >= 0.3 is 11.1 Å². The summed E-state index contributed by atoms with van der Waals surface area (Å²) < 4.78 is 0. The molecule has 7 nitrogen and oxygen atoms in total. The zero-order valence-corrected chi connectivity index (χ0v) is 8.45. The van der Waals surface area contributed by atoms with Crippen molar-refractivity contribution in [1.29, 1.82) is 0 Å². The normalized spacial score (nSPS) is 10.1. The van der Waals surface area contributed by atoms with Gasteiger partial charge in [0.2, 0.25) is 0 Å². The van der Waals surface area contributed by atoms with E-state index < -0.39 is 11.1 Å². The summed E-state index contributed by atoms with van der Waals surface area (Å²) in [5.41, 5.74) is 7.64. The Morgan fingerprint density at radius 1 is 1.19 bits per heavy atom. The van der Waals surface area contributed by atoms with Gasteiger partial charge in [-0.25, -0.2) is 0 Å². The van der Waals surface area contributed by atoms with Crippen LogP contribution < -0.4 is 11.1 Å². The maximum atomic E-state index is 11.1. The van der Waals surface area contributed by atoms with E-state index in [0.717, 1.165) is 0 Å². The second kappa shape index (κ2) is 3.73. The van der Waals surface area contributed by atoms with E-state index in [0.29, 0.717) is 11.0 Å². The molecule has 0 bridgehead atoms. The molecule has 0 radical (unpaired) electrons. The molecular formula is C8H4ClN5O2. The van der Waals surface area contributed by atoms with Crippen LogP contribution >= 0.6 is 11.6 Å². The van der Waals surface area contributed by atoms with Crippen LogP contribution in [-0.2, 0) is 0 Å². The first-order chi connectivity index (χ1) is 7.61. The van der Waals surface area contributed by atoms with Gasteiger partial charge in [0.05, 0.1) is 21.7 Å². The number of fused-ring (bicyclic) bond motifs is 1. The average Bonchev–Trinajstić information content (AvgIpc) is 2.23. The van der Waals surface area contributed by atoms with Gasteiger partial charge < -0.3 is 9.97 Å². The lowest BCUT2D eigenvalue weighted by atomic mass is 10.2. The molecule has 2 rings (SSSR count). The molecule has 0 saturated carbocycles. The topological polar surface area (TPSA) is 114 Å². The number of hydrogen-bond acceptors (Lipinski definition) is 3. The van der Waals surface area contributed by atoms with E-state index in [1.807, 2.05) is 0 Å². The van der Waals surface area contributed by atoms with Crippen molar-refractivity contribution in [2.75, 3.05) is 0 Å². The fourth-order valence-electron chi connectivity index (χ4n) is 1.25. The number of nitrogens with one attached hydrogen (secondary N) is 2. The van der Waals surface area contributed by atoms with Gasteiger partial charge in [0, 0.05) is 4.91 Å². The Morgan fingerprint density at radius 3 is 2.31 bits per heavy atom. The lowest BCUT2D eigenvalue weighted by molar-refractivity contribution is 1.15. The highest BCUT2D eigenvalue weighted by Gasteiger charge is 2.04. The molecule has 0 aliphatic heterocycles. The SMILES string of the molecule is [N-]=[N+]=Nc1cc2[nH]c(=O)c(=O)[nH]c2cc1Cl. The molecule has 2 N–H and O–H groups in total. The fraction of sp³-hybridized carbons (Fsp3) is 0. The molecule has 16 heavy (non-hydrogen) atoms. The molecule has 0 atom stereocenters. The molecule has 1 heterocycles. The predicted molar refractivity (Wildman–Crippen MR) is 59.0 cm³/mol. The van der Waals surface area contributed by atoms with E-state index in [2.05, 4.69) is 20.0 Å². The van der Waals surface area contributed by atoms with Crippen molar-refractivity contribution in [3.05, 3.63) is 48.3 Å². The summed E-state index contributed by atoms with van der Waals surface area (Å²) in [6, 6.07) is 2.78. The van der Waals surface area contributed by atoms with Crippen LogP contribution in [0.25, 0.3) is 21.5 Å². The minimum Gasteiger partial charge on any atom is -0.316 e. The van der Waals surface area contributed by atoms with Crippen molar-refractivity contribution in [3.8, 4) is 0 Å². The summed E-state index contributed by atoms with van der Waals surface area (Å²) in [7, 11) is 0. The van der Waals surface area contributed by atoms with Crippen molar-refractivity contribution in [3.63, 3.8) is 0 Å². The Kier molecular flexibility index (Phi) is 2.40. The molecule has 80 valence electrons. The molecule has 2 aromatic rings. The summed E-state index contributed by atoms with van der Waals surface area (Å²) in [6.45, 7) is 0. The largest absolute Gasteiger partial charge is 0.316 e. The highest BCUT2D eigenvalue weighted by molar-refractivity contribution is 6.33. The van der Waals surface area contributed by atoms with Gasteiger partial charge in [0.1, 0.15) is 0 Å². The Hall–Kier alpha value is -2.24. The standard InChI is InChI=1S/C8H4ClN5O2/c9-3-1-5-6(2-4(3)13-14-10)12-8(16)7(15)11-5/h1-2H,(H,11,15)(H,12,16). The highest BCUT2D eigenvalue weighted by atomic mass is 35.5. The maximum absolute atomic E-state index is 11.1. The van der Waals surface area contributed by atoms with E-state index in [4.69, 9.17) is 17.1 Å². The molecule has 0 spiro atoms. The lowest BCUT2D eigenvalue weighted by Crippen LogP contribution is -2.28. The quantitative estimate of drug-likeness (QED) is 0.341. The van der Waals surface area contributed by atoms with Crippen molar-refractivity contribution >= 4 is 28.3 Å². The van der Waals surface area contributed by atoms with E-state index in [1.165, 1.54) is 12.1 Å². The third kappa shape index (κ3) is 1.65. The van der Waals surface area contributed by atoms with Gasteiger partial charge in [-0.05, 0) is 17.7 Å². The molecule has 0 aliphatic carbocycles. The monoisotopic (exact) mass is 237 g/mol. The summed E-state index contributed by atoms with van der Waals surface area (Å²) in [5, 5.41) is 3.53. The van der Waals surface area contributed by atoms with Gasteiger partial charge in [-0.3, -0.25) is 9.59 Å². The third-order valence-electron chi connectivity index (χ3n) is 1.94. The van der Waals surface area contributed by atoms with Crippen LogP contribution in [0.5, 0.6) is 0 Å². The van der Waals surface area contributed by atoms with Crippen LogP contribution in [0.2, 0.25) is 5.02 Å². The molecule has 8 heteroatoms. The average molecular weight is 238 g/mol. The van der Waals surface area contributed by atoms with Crippen molar-refractivity contribution in [2.24, 2.45) is 5.11 Å². The number of aromatic amines is 2. The Bertz CT molecular complexity index is 725. The summed E-state index contributed by atoms with van der Waals surface area (Å²) in [4.78, 5) is 29.4. The molecule has 0 saturated heterocycles. The number of H-pyrrole nitrogens is 2. The first-order valence-electron chi connectivity index (χ1n) is 4.13. The molecule has 1 aromatic carbocycles. The zero-order chi connectivity index (χ0) is 11.7. The molecular weight excluding hydrogens is 234 g/mol. The fourth-order valence-corrected chi connectivity index (χ4v) is 1.45. The summed E-state index contributed by atoms with van der Waals surface area (Å²) in [5.74, 6) is 0. The Labute approximate surface area is 92.3 Å². The number of rotatable bonds is 1. The number of benzene rings is 1. The van der Waals surface area contributed by atoms with Gasteiger partial charge in [-0.15, -0.1) is 0 Å². The van der Waals surface area contributed by atoms with Gasteiger partial charge in [0.15, 0.2) is 0 Å². The summed E-state index contributed by atoms with van der Waals surface area (Å²) in [6.07, 6.45) is 0. The molecule has 0 fully saturated rings. The number of hydrogen-bond donors (Lipinski definition) is 2. The van der Waals surface area contributed by atoms with Crippen LogP contribution in [0.4, 0.5) is 5.69 Å². The van der Waals surface area contributed by atoms with Crippen LogP contribution in [-0.4, -0.2) is 9.97 Å². The van der Waals surface area contributed by atoms with Gasteiger partial charge in [-0.2, -0.15) is 0 Å². The number of halogens is 1. The number of azide groups is 1.